The lowest BCUT2D eigenvalue weighted by molar-refractivity contribution is 0.0832. The molecular formula is C16H23FN2. The molecule has 1 heterocycles. The SMILES string of the molecule is Cc1cc(F)ccc1[C@@H](C1CCC1)N1CCNCC1. The summed E-state index contributed by atoms with van der Waals surface area (Å²) in [5.74, 6) is 0.649. The number of nitrogens with zero attached hydrogens (tertiary/aromatic N) is 1. The van der Waals surface area contributed by atoms with Crippen molar-refractivity contribution in [3.63, 3.8) is 0 Å². The van der Waals surface area contributed by atoms with Gasteiger partial charge >= 0.3 is 0 Å². The average molecular weight is 262 g/mol. The molecule has 3 heteroatoms. The number of hydrogen-bond donors (Lipinski definition) is 1. The molecule has 1 saturated carbocycles. The number of aryl methyl sites for hydroxylation is 1. The molecule has 2 aliphatic rings. The molecule has 3 rings (SSSR count). The minimum atomic E-state index is -0.117. The van der Waals surface area contributed by atoms with Crippen molar-refractivity contribution in [1.82, 2.24) is 10.2 Å². The van der Waals surface area contributed by atoms with Crippen molar-refractivity contribution in [3.8, 4) is 0 Å². The summed E-state index contributed by atoms with van der Waals surface area (Å²) in [4.78, 5) is 2.60. The van der Waals surface area contributed by atoms with Crippen molar-refractivity contribution in [2.75, 3.05) is 26.2 Å². The van der Waals surface area contributed by atoms with Gasteiger partial charge in [-0.25, -0.2) is 4.39 Å². The third-order valence-corrected chi connectivity index (χ3v) is 4.69. The monoisotopic (exact) mass is 262 g/mol. The van der Waals surface area contributed by atoms with Crippen molar-refractivity contribution >= 4 is 0 Å². The Balaban J connectivity index is 1.88. The average Bonchev–Trinajstić information content (AvgIpc) is 2.35. The highest BCUT2D eigenvalue weighted by atomic mass is 19.1. The van der Waals surface area contributed by atoms with Gasteiger partial charge in [0.25, 0.3) is 0 Å². The molecule has 1 aromatic rings. The van der Waals surface area contributed by atoms with E-state index in [-0.39, 0.29) is 5.82 Å². The minimum Gasteiger partial charge on any atom is -0.314 e. The highest BCUT2D eigenvalue weighted by Crippen LogP contribution is 2.42. The van der Waals surface area contributed by atoms with Gasteiger partial charge in [0, 0.05) is 32.2 Å². The Morgan fingerprint density at radius 1 is 1.26 bits per heavy atom. The number of halogens is 1. The molecule has 0 amide bonds. The molecule has 2 fully saturated rings. The van der Waals surface area contributed by atoms with Gasteiger partial charge in [0.1, 0.15) is 5.82 Å². The fourth-order valence-corrected chi connectivity index (χ4v) is 3.44. The van der Waals surface area contributed by atoms with Crippen LogP contribution in [0.15, 0.2) is 18.2 Å². The second-order valence-electron chi connectivity index (χ2n) is 5.92. The molecule has 19 heavy (non-hydrogen) atoms. The molecule has 0 radical (unpaired) electrons. The second-order valence-corrected chi connectivity index (χ2v) is 5.92. The van der Waals surface area contributed by atoms with E-state index >= 15 is 0 Å². The van der Waals surface area contributed by atoms with Gasteiger partial charge in [0.15, 0.2) is 0 Å². The molecule has 0 unspecified atom stereocenters. The quantitative estimate of drug-likeness (QED) is 0.901. The number of hydrogen-bond acceptors (Lipinski definition) is 2. The van der Waals surface area contributed by atoms with Crippen LogP contribution in [0.4, 0.5) is 4.39 Å². The van der Waals surface area contributed by atoms with Gasteiger partial charge in [0.05, 0.1) is 0 Å². The maximum absolute atomic E-state index is 13.3. The molecule has 1 aromatic carbocycles. The van der Waals surface area contributed by atoms with Crippen LogP contribution in [0.1, 0.15) is 36.4 Å². The molecule has 1 atom stereocenters. The first-order valence-corrected chi connectivity index (χ1v) is 7.46. The van der Waals surface area contributed by atoms with Gasteiger partial charge < -0.3 is 5.32 Å². The molecular weight excluding hydrogens is 239 g/mol. The molecule has 0 bridgehead atoms. The summed E-state index contributed by atoms with van der Waals surface area (Å²) in [6.45, 7) is 6.41. The Morgan fingerprint density at radius 2 is 2.00 bits per heavy atom. The lowest BCUT2D eigenvalue weighted by Crippen LogP contribution is -2.48. The Hall–Kier alpha value is -0.930. The molecule has 1 saturated heterocycles. The summed E-state index contributed by atoms with van der Waals surface area (Å²) >= 11 is 0. The summed E-state index contributed by atoms with van der Waals surface area (Å²) in [6, 6.07) is 5.81. The Kier molecular flexibility index (Phi) is 3.85. The summed E-state index contributed by atoms with van der Waals surface area (Å²) < 4.78 is 13.3. The fraction of sp³-hybridized carbons (Fsp3) is 0.625. The molecule has 1 N–H and O–H groups in total. The third kappa shape index (κ3) is 2.67. The van der Waals surface area contributed by atoms with Crippen LogP contribution in [-0.2, 0) is 0 Å². The van der Waals surface area contributed by atoms with E-state index < -0.39 is 0 Å². The lowest BCUT2D eigenvalue weighted by atomic mass is 9.75. The number of piperazine rings is 1. The summed E-state index contributed by atoms with van der Waals surface area (Å²) in [7, 11) is 0. The third-order valence-electron chi connectivity index (χ3n) is 4.69. The van der Waals surface area contributed by atoms with Crippen LogP contribution in [-0.4, -0.2) is 31.1 Å². The van der Waals surface area contributed by atoms with Crippen molar-refractivity contribution in [3.05, 3.63) is 35.1 Å². The van der Waals surface area contributed by atoms with E-state index in [1.165, 1.54) is 24.8 Å². The van der Waals surface area contributed by atoms with E-state index in [1.54, 1.807) is 12.1 Å². The first-order valence-electron chi connectivity index (χ1n) is 7.46. The van der Waals surface area contributed by atoms with Crippen LogP contribution >= 0.6 is 0 Å². The Morgan fingerprint density at radius 3 is 2.58 bits per heavy atom. The van der Waals surface area contributed by atoms with E-state index in [1.807, 2.05) is 13.0 Å². The van der Waals surface area contributed by atoms with Crippen LogP contribution in [0.25, 0.3) is 0 Å². The first-order chi connectivity index (χ1) is 9.25. The van der Waals surface area contributed by atoms with E-state index in [0.29, 0.717) is 6.04 Å². The zero-order chi connectivity index (χ0) is 13.2. The van der Waals surface area contributed by atoms with Crippen LogP contribution in [0.2, 0.25) is 0 Å². The van der Waals surface area contributed by atoms with Gasteiger partial charge in [-0.05, 0) is 48.9 Å². The minimum absolute atomic E-state index is 0.117. The maximum atomic E-state index is 13.3. The zero-order valence-corrected chi connectivity index (χ0v) is 11.7. The van der Waals surface area contributed by atoms with E-state index in [4.69, 9.17) is 0 Å². The highest BCUT2D eigenvalue weighted by Gasteiger charge is 2.34. The molecule has 0 spiro atoms. The van der Waals surface area contributed by atoms with Gasteiger partial charge in [-0.2, -0.15) is 0 Å². The predicted octanol–water partition coefficient (Wildman–Crippen LogP) is 2.88. The number of benzene rings is 1. The van der Waals surface area contributed by atoms with Crippen molar-refractivity contribution in [2.45, 2.75) is 32.2 Å². The van der Waals surface area contributed by atoms with Crippen LogP contribution in [0, 0.1) is 18.7 Å². The summed E-state index contributed by atoms with van der Waals surface area (Å²) in [5.41, 5.74) is 2.45. The van der Waals surface area contributed by atoms with Crippen LogP contribution < -0.4 is 5.32 Å². The maximum Gasteiger partial charge on any atom is 0.123 e. The first kappa shape index (κ1) is 13.1. The number of rotatable bonds is 3. The van der Waals surface area contributed by atoms with E-state index in [2.05, 4.69) is 10.2 Å². The summed E-state index contributed by atoms with van der Waals surface area (Å²) in [5, 5.41) is 3.42. The predicted molar refractivity (Wildman–Crippen MR) is 75.7 cm³/mol. The molecule has 1 aliphatic carbocycles. The fourth-order valence-electron chi connectivity index (χ4n) is 3.44. The lowest BCUT2D eigenvalue weighted by Gasteiger charge is -2.43. The van der Waals surface area contributed by atoms with Gasteiger partial charge in [-0.1, -0.05) is 12.5 Å². The van der Waals surface area contributed by atoms with Crippen molar-refractivity contribution in [1.29, 1.82) is 0 Å². The van der Waals surface area contributed by atoms with E-state index in [9.17, 15) is 4.39 Å². The molecule has 2 nitrogen and oxygen atoms in total. The number of nitrogens with one attached hydrogen (secondary N) is 1. The molecule has 104 valence electrons. The Bertz CT molecular complexity index is 436. The molecule has 0 aromatic heterocycles. The second kappa shape index (κ2) is 5.59. The van der Waals surface area contributed by atoms with Gasteiger partial charge in [-0.3, -0.25) is 4.90 Å². The smallest absolute Gasteiger partial charge is 0.123 e. The summed E-state index contributed by atoms with van der Waals surface area (Å²) in [6.07, 6.45) is 4.00. The standard InChI is InChI=1S/C16H23FN2/c1-12-11-14(17)5-6-15(12)16(13-3-2-4-13)19-9-7-18-8-10-19/h5-6,11,13,16,18H,2-4,7-10H2,1H3/t16-/m1/s1. The van der Waals surface area contributed by atoms with Crippen LogP contribution in [0.3, 0.4) is 0 Å². The highest BCUT2D eigenvalue weighted by molar-refractivity contribution is 5.30. The Labute approximate surface area is 115 Å². The van der Waals surface area contributed by atoms with Gasteiger partial charge in [-0.15, -0.1) is 0 Å². The largest absolute Gasteiger partial charge is 0.314 e. The van der Waals surface area contributed by atoms with Gasteiger partial charge in [0.2, 0.25) is 0 Å². The van der Waals surface area contributed by atoms with Crippen molar-refractivity contribution < 1.29 is 4.39 Å². The van der Waals surface area contributed by atoms with E-state index in [0.717, 1.165) is 37.7 Å². The van der Waals surface area contributed by atoms with Crippen LogP contribution in [0.5, 0.6) is 0 Å². The van der Waals surface area contributed by atoms with Crippen molar-refractivity contribution in [2.24, 2.45) is 5.92 Å². The zero-order valence-electron chi connectivity index (χ0n) is 11.7. The normalized spacial score (nSPS) is 23.1. The topological polar surface area (TPSA) is 15.3 Å². The molecule has 1 aliphatic heterocycles.